The lowest BCUT2D eigenvalue weighted by Gasteiger charge is -2.11. The molecule has 0 amide bonds. The van der Waals surface area contributed by atoms with Gasteiger partial charge in [-0.25, -0.2) is 15.0 Å². The van der Waals surface area contributed by atoms with Gasteiger partial charge in [-0.05, 0) is 84.9 Å². The van der Waals surface area contributed by atoms with E-state index >= 15 is 0 Å². The van der Waals surface area contributed by atoms with Crippen LogP contribution in [0.4, 0.5) is 0 Å². The molecule has 0 bridgehead atoms. The molecule has 0 atom stereocenters. The van der Waals surface area contributed by atoms with Gasteiger partial charge in [0.2, 0.25) is 0 Å². The topological polar surface area (TPSA) is 51.8 Å². The molecule has 0 radical (unpaired) electrons. The lowest BCUT2D eigenvalue weighted by atomic mass is 9.94. The first-order valence-electron chi connectivity index (χ1n) is 18.5. The molecule has 2 heterocycles. The van der Waals surface area contributed by atoms with Gasteiger partial charge in [0, 0.05) is 27.5 Å². The second kappa shape index (κ2) is 12.6. The summed E-state index contributed by atoms with van der Waals surface area (Å²) in [7, 11) is 0. The molecule has 0 fully saturated rings. The van der Waals surface area contributed by atoms with Crippen molar-refractivity contribution in [3.8, 4) is 56.4 Å². The van der Waals surface area contributed by atoms with E-state index in [4.69, 9.17) is 19.4 Å². The van der Waals surface area contributed by atoms with Gasteiger partial charge in [-0.2, -0.15) is 0 Å². The van der Waals surface area contributed by atoms with E-state index in [1.165, 1.54) is 38.1 Å². The number of fused-ring (bicyclic) bond motifs is 7. The van der Waals surface area contributed by atoms with Crippen LogP contribution in [-0.2, 0) is 0 Å². The molecule has 0 aliphatic rings. The van der Waals surface area contributed by atoms with Crippen LogP contribution in [0.5, 0.6) is 0 Å². The van der Waals surface area contributed by atoms with Crippen LogP contribution in [0, 0.1) is 0 Å². The van der Waals surface area contributed by atoms with Crippen LogP contribution >= 0.6 is 0 Å². The first kappa shape index (κ1) is 31.1. The summed E-state index contributed by atoms with van der Waals surface area (Å²) in [5, 5.41) is 9.18. The summed E-state index contributed by atoms with van der Waals surface area (Å²) in [4.78, 5) is 15.5. The maximum absolute atomic E-state index is 6.58. The highest BCUT2D eigenvalue weighted by molar-refractivity contribution is 6.18. The molecule has 4 heteroatoms. The van der Waals surface area contributed by atoms with Crippen LogP contribution in [0.2, 0.25) is 0 Å². The van der Waals surface area contributed by atoms with Gasteiger partial charge >= 0.3 is 0 Å². The fourth-order valence-electron chi connectivity index (χ4n) is 8.01. The molecule has 0 spiro atoms. The summed E-state index contributed by atoms with van der Waals surface area (Å²) >= 11 is 0. The van der Waals surface area contributed by atoms with Crippen LogP contribution < -0.4 is 0 Å². The van der Waals surface area contributed by atoms with Crippen molar-refractivity contribution in [3.05, 3.63) is 188 Å². The minimum absolute atomic E-state index is 0.594. The average Bonchev–Trinajstić information content (AvgIpc) is 3.65. The fraction of sp³-hybridized carbons (Fsp3) is 0. The van der Waals surface area contributed by atoms with Crippen molar-refractivity contribution in [1.29, 1.82) is 0 Å². The number of hydrogen-bond donors (Lipinski definition) is 0. The number of furan rings is 1. The highest BCUT2D eigenvalue weighted by atomic mass is 16.3. The molecule has 0 aliphatic carbocycles. The molecule has 9 aromatic carbocycles. The lowest BCUT2D eigenvalue weighted by molar-refractivity contribution is 0.669. The van der Waals surface area contributed by atoms with Gasteiger partial charge < -0.3 is 4.42 Å². The molecule has 2 aromatic heterocycles. The number of nitrogens with zero attached hydrogens (tertiary/aromatic N) is 3. The molecule has 0 N–H and O–H groups in total. The van der Waals surface area contributed by atoms with Crippen molar-refractivity contribution in [1.82, 2.24) is 15.0 Å². The Labute approximate surface area is 317 Å². The summed E-state index contributed by atoms with van der Waals surface area (Å²) in [6.07, 6.45) is 0. The van der Waals surface area contributed by atoms with E-state index in [0.717, 1.165) is 55.1 Å². The number of benzene rings is 9. The predicted molar refractivity (Wildman–Crippen MR) is 227 cm³/mol. The third-order valence-electron chi connectivity index (χ3n) is 10.7. The second-order valence-corrected chi connectivity index (χ2v) is 14.0. The van der Waals surface area contributed by atoms with E-state index in [-0.39, 0.29) is 0 Å². The monoisotopic (exact) mass is 701 g/mol. The Balaban J connectivity index is 1.11. The largest absolute Gasteiger partial charge is 0.456 e. The van der Waals surface area contributed by atoms with E-state index in [9.17, 15) is 0 Å². The predicted octanol–water partition coefficient (Wildman–Crippen LogP) is 13.6. The SMILES string of the molecule is c1ccc(-c2ccc3ccc(-c4cccc5oc6cccc(-c7nc(-c8ccccc8)nc(-c8ccc9c(ccc%10ccccc%109)c8)n7)c6c45)cc3c2)cc1. The van der Waals surface area contributed by atoms with Crippen LogP contribution in [0.3, 0.4) is 0 Å². The summed E-state index contributed by atoms with van der Waals surface area (Å²) in [6, 6.07) is 65.8. The second-order valence-electron chi connectivity index (χ2n) is 14.0. The molecule has 0 unspecified atom stereocenters. The van der Waals surface area contributed by atoms with E-state index in [2.05, 4.69) is 140 Å². The smallest absolute Gasteiger partial charge is 0.164 e. The molecule has 256 valence electrons. The van der Waals surface area contributed by atoms with Crippen molar-refractivity contribution in [2.75, 3.05) is 0 Å². The highest BCUT2D eigenvalue weighted by Crippen LogP contribution is 2.42. The third kappa shape index (κ3) is 5.34. The normalized spacial score (nSPS) is 11.6. The van der Waals surface area contributed by atoms with E-state index in [0.29, 0.717) is 17.5 Å². The van der Waals surface area contributed by atoms with Crippen LogP contribution in [-0.4, -0.2) is 15.0 Å². The van der Waals surface area contributed by atoms with Crippen LogP contribution in [0.1, 0.15) is 0 Å². The van der Waals surface area contributed by atoms with Gasteiger partial charge in [0.15, 0.2) is 17.5 Å². The van der Waals surface area contributed by atoms with Gasteiger partial charge in [-0.15, -0.1) is 0 Å². The first-order valence-corrected chi connectivity index (χ1v) is 18.5. The Morgan fingerprint density at radius 3 is 1.64 bits per heavy atom. The summed E-state index contributed by atoms with van der Waals surface area (Å²) in [6.45, 7) is 0. The minimum atomic E-state index is 0.594. The molecule has 4 nitrogen and oxygen atoms in total. The highest BCUT2D eigenvalue weighted by Gasteiger charge is 2.20. The molecular formula is C51H31N3O. The molecule has 0 aliphatic heterocycles. The molecule has 11 rings (SSSR count). The Kier molecular flexibility index (Phi) is 7.14. The molecule has 55 heavy (non-hydrogen) atoms. The summed E-state index contributed by atoms with van der Waals surface area (Å²) in [5.41, 5.74) is 8.95. The van der Waals surface area contributed by atoms with Crippen molar-refractivity contribution >= 4 is 54.3 Å². The van der Waals surface area contributed by atoms with Crippen LogP contribution in [0.15, 0.2) is 192 Å². The van der Waals surface area contributed by atoms with Crippen molar-refractivity contribution in [3.63, 3.8) is 0 Å². The third-order valence-corrected chi connectivity index (χ3v) is 10.7. The summed E-state index contributed by atoms with van der Waals surface area (Å²) in [5.74, 6) is 1.83. The van der Waals surface area contributed by atoms with E-state index in [1.807, 2.05) is 48.5 Å². The van der Waals surface area contributed by atoms with Gasteiger partial charge in [0.05, 0.1) is 0 Å². The van der Waals surface area contributed by atoms with Gasteiger partial charge in [0.25, 0.3) is 0 Å². The molecule has 0 saturated carbocycles. The minimum Gasteiger partial charge on any atom is -0.456 e. The number of rotatable bonds is 5. The molecule has 0 saturated heterocycles. The summed E-state index contributed by atoms with van der Waals surface area (Å²) < 4.78 is 6.58. The Morgan fingerprint density at radius 1 is 0.291 bits per heavy atom. The maximum atomic E-state index is 6.58. The zero-order chi connectivity index (χ0) is 36.3. The van der Waals surface area contributed by atoms with Gasteiger partial charge in [0.1, 0.15) is 11.2 Å². The van der Waals surface area contributed by atoms with Crippen molar-refractivity contribution in [2.45, 2.75) is 0 Å². The molecular weight excluding hydrogens is 671 g/mol. The van der Waals surface area contributed by atoms with Gasteiger partial charge in [-0.1, -0.05) is 158 Å². The van der Waals surface area contributed by atoms with Crippen molar-refractivity contribution in [2.24, 2.45) is 0 Å². The lowest BCUT2D eigenvalue weighted by Crippen LogP contribution is -2.00. The Hall–Kier alpha value is -7.43. The van der Waals surface area contributed by atoms with Crippen LogP contribution in [0.25, 0.3) is 111 Å². The van der Waals surface area contributed by atoms with E-state index < -0.39 is 0 Å². The zero-order valence-corrected chi connectivity index (χ0v) is 29.6. The molecule has 11 aromatic rings. The van der Waals surface area contributed by atoms with E-state index in [1.54, 1.807) is 0 Å². The number of hydrogen-bond acceptors (Lipinski definition) is 4. The quantitative estimate of drug-likeness (QED) is 0.168. The Bertz CT molecular complexity index is 3260. The standard InChI is InChI=1S/C51H31N3O/c1-3-11-32(12-4-1)36-24-21-33-22-25-38(31-40(33)29-36)43-17-9-19-45-47(43)48-44(18-10-20-46(48)55-45)51-53-49(35-14-5-2-6-15-35)52-50(54-51)39-27-28-42-37(30-39)26-23-34-13-7-8-16-41(34)42/h1-31H. The van der Waals surface area contributed by atoms with Crippen molar-refractivity contribution < 1.29 is 4.42 Å². The van der Waals surface area contributed by atoms with Gasteiger partial charge in [-0.3, -0.25) is 0 Å². The number of aromatic nitrogens is 3. The maximum Gasteiger partial charge on any atom is 0.164 e. The Morgan fingerprint density at radius 2 is 0.836 bits per heavy atom. The zero-order valence-electron chi connectivity index (χ0n) is 29.6. The first-order chi connectivity index (χ1) is 27.2. The fourth-order valence-corrected chi connectivity index (χ4v) is 8.01. The average molecular weight is 702 g/mol.